The van der Waals surface area contributed by atoms with Gasteiger partial charge in [-0.15, -0.1) is 11.3 Å². The second-order valence-corrected chi connectivity index (χ2v) is 7.92. The third kappa shape index (κ3) is 3.22. The Bertz CT molecular complexity index is 950. The monoisotopic (exact) mass is 390 g/mol. The molecular weight excluding hydrogens is 372 g/mol. The van der Waals surface area contributed by atoms with Crippen molar-refractivity contribution in [3.05, 3.63) is 67.7 Å². The summed E-state index contributed by atoms with van der Waals surface area (Å²) in [5.74, 6) is 0.897. The van der Waals surface area contributed by atoms with E-state index in [4.69, 9.17) is 16.3 Å². The number of thiazole rings is 1. The fraction of sp³-hybridized carbons (Fsp3) is 0.389. The molecule has 0 amide bonds. The van der Waals surface area contributed by atoms with Crippen LogP contribution in [0.1, 0.15) is 41.6 Å². The van der Waals surface area contributed by atoms with Crippen LogP contribution in [-0.2, 0) is 17.8 Å². The molecule has 1 aromatic carbocycles. The lowest BCUT2D eigenvalue weighted by atomic mass is 9.92. The summed E-state index contributed by atoms with van der Waals surface area (Å²) in [6.45, 7) is 3.54. The summed E-state index contributed by atoms with van der Waals surface area (Å²) >= 11 is 7.25. The highest BCUT2D eigenvalue weighted by atomic mass is 35.5. The third-order valence-electron chi connectivity index (χ3n) is 4.67. The van der Waals surface area contributed by atoms with E-state index in [-0.39, 0.29) is 17.7 Å². The average Bonchev–Trinajstić information content (AvgIpc) is 3.36. The van der Waals surface area contributed by atoms with Crippen molar-refractivity contribution < 1.29 is 4.74 Å². The maximum atomic E-state index is 12.8. The Hall–Kier alpha value is -1.96. The van der Waals surface area contributed by atoms with Gasteiger partial charge in [0.15, 0.2) is 10.3 Å². The van der Waals surface area contributed by atoms with E-state index in [1.54, 1.807) is 10.8 Å². The highest BCUT2D eigenvalue weighted by Crippen LogP contribution is 2.40. The van der Waals surface area contributed by atoms with Crippen molar-refractivity contribution in [1.82, 2.24) is 19.3 Å². The van der Waals surface area contributed by atoms with Crippen LogP contribution in [0.3, 0.4) is 0 Å². The maximum Gasteiger partial charge on any atom is 0.346 e. The minimum atomic E-state index is -0.212. The molecule has 136 valence electrons. The van der Waals surface area contributed by atoms with Gasteiger partial charge in [-0.3, -0.25) is 4.57 Å². The Kier molecular flexibility index (Phi) is 4.93. The number of nitrogens with zero attached hydrogens (tertiary/aromatic N) is 4. The van der Waals surface area contributed by atoms with E-state index in [2.05, 4.69) is 22.2 Å². The smallest absolute Gasteiger partial charge is 0.346 e. The minimum Gasteiger partial charge on any atom is -0.370 e. The largest absolute Gasteiger partial charge is 0.370 e. The van der Waals surface area contributed by atoms with Gasteiger partial charge in [0.1, 0.15) is 6.10 Å². The van der Waals surface area contributed by atoms with Crippen molar-refractivity contribution in [2.75, 3.05) is 6.61 Å². The number of hydrogen-bond acceptors (Lipinski definition) is 5. The fourth-order valence-electron chi connectivity index (χ4n) is 3.46. The number of ether oxygens (including phenoxy) is 1. The van der Waals surface area contributed by atoms with Crippen molar-refractivity contribution in [2.24, 2.45) is 0 Å². The highest BCUT2D eigenvalue weighted by Gasteiger charge is 2.35. The van der Waals surface area contributed by atoms with Crippen molar-refractivity contribution >= 4 is 22.9 Å². The van der Waals surface area contributed by atoms with Crippen molar-refractivity contribution in [3.63, 3.8) is 0 Å². The molecule has 8 heteroatoms. The predicted molar refractivity (Wildman–Crippen MR) is 101 cm³/mol. The first kappa shape index (κ1) is 17.5. The van der Waals surface area contributed by atoms with Crippen LogP contribution in [0.4, 0.5) is 0 Å². The van der Waals surface area contributed by atoms with Gasteiger partial charge in [-0.25, -0.2) is 14.5 Å². The van der Waals surface area contributed by atoms with E-state index in [0.717, 1.165) is 11.3 Å². The molecule has 2 aromatic heterocycles. The Morgan fingerprint density at radius 3 is 2.85 bits per heavy atom. The number of aromatic nitrogens is 4. The summed E-state index contributed by atoms with van der Waals surface area (Å²) in [5, 5.41) is 4.62. The first-order chi connectivity index (χ1) is 12.7. The second-order valence-electron chi connectivity index (χ2n) is 6.22. The van der Waals surface area contributed by atoms with E-state index in [1.807, 2.05) is 25.1 Å². The van der Waals surface area contributed by atoms with Gasteiger partial charge in [0.25, 0.3) is 0 Å². The van der Waals surface area contributed by atoms with Crippen molar-refractivity contribution in [1.29, 1.82) is 0 Å². The predicted octanol–water partition coefficient (Wildman–Crippen LogP) is 3.47. The van der Waals surface area contributed by atoms with E-state index in [9.17, 15) is 4.79 Å². The summed E-state index contributed by atoms with van der Waals surface area (Å²) in [6, 6.07) is 10.3. The van der Waals surface area contributed by atoms with Gasteiger partial charge in [0, 0.05) is 30.1 Å². The molecule has 1 fully saturated rings. The number of halogens is 1. The molecule has 0 bridgehead atoms. The second kappa shape index (κ2) is 7.34. The summed E-state index contributed by atoms with van der Waals surface area (Å²) < 4.78 is 9.65. The first-order valence-corrected chi connectivity index (χ1v) is 9.81. The molecule has 1 saturated heterocycles. The van der Waals surface area contributed by atoms with Crippen LogP contribution in [-0.4, -0.2) is 25.9 Å². The zero-order valence-electron chi connectivity index (χ0n) is 14.3. The third-order valence-corrected chi connectivity index (χ3v) is 5.77. The van der Waals surface area contributed by atoms with Crippen LogP contribution >= 0.6 is 22.9 Å². The van der Waals surface area contributed by atoms with Gasteiger partial charge in [-0.2, -0.15) is 5.10 Å². The molecule has 0 spiro atoms. The van der Waals surface area contributed by atoms with Gasteiger partial charge >= 0.3 is 5.69 Å². The van der Waals surface area contributed by atoms with E-state index in [1.165, 1.54) is 21.6 Å². The zero-order chi connectivity index (χ0) is 18.1. The minimum absolute atomic E-state index is 0.130. The first-order valence-electron chi connectivity index (χ1n) is 8.61. The fourth-order valence-corrected chi connectivity index (χ4v) is 4.42. The van der Waals surface area contributed by atoms with Gasteiger partial charge in [-0.05, 0) is 18.9 Å². The van der Waals surface area contributed by atoms with Crippen LogP contribution in [0.2, 0.25) is 4.47 Å². The van der Waals surface area contributed by atoms with Gasteiger partial charge in [0.2, 0.25) is 0 Å². The molecule has 3 heterocycles. The molecule has 2 atom stereocenters. The van der Waals surface area contributed by atoms with Gasteiger partial charge < -0.3 is 4.74 Å². The molecule has 1 aliphatic heterocycles. The molecule has 3 aromatic rings. The highest BCUT2D eigenvalue weighted by molar-refractivity contribution is 7.15. The van der Waals surface area contributed by atoms with Crippen LogP contribution in [0, 0.1) is 0 Å². The quantitative estimate of drug-likeness (QED) is 0.669. The lowest BCUT2D eigenvalue weighted by molar-refractivity contribution is 0.0934. The summed E-state index contributed by atoms with van der Waals surface area (Å²) in [7, 11) is 0. The summed E-state index contributed by atoms with van der Waals surface area (Å²) in [6.07, 6.45) is 2.39. The molecular formula is C18H19ClN4O2S. The topological polar surface area (TPSA) is 61.9 Å². The Labute approximate surface area is 160 Å². The van der Waals surface area contributed by atoms with E-state index >= 15 is 0 Å². The van der Waals surface area contributed by atoms with Crippen LogP contribution in [0.25, 0.3) is 0 Å². The molecule has 0 N–H and O–H groups in total. The maximum absolute atomic E-state index is 12.8. The zero-order valence-corrected chi connectivity index (χ0v) is 15.9. The molecule has 6 nitrogen and oxygen atoms in total. The molecule has 0 saturated carbocycles. The molecule has 4 rings (SSSR count). The molecule has 0 radical (unpaired) electrons. The van der Waals surface area contributed by atoms with Crippen LogP contribution < -0.4 is 5.69 Å². The standard InChI is InChI=1S/C18H19ClN4O2S/c1-2-22-16(15-14(8-9-25-15)12-6-4-3-5-7-12)21-23(18(22)24)11-13-10-20-17(19)26-13/h3-7,10,14-15H,2,8-9,11H2,1H3/t14-,15-/m0/s1. The Morgan fingerprint density at radius 2 is 2.15 bits per heavy atom. The lowest BCUT2D eigenvalue weighted by Crippen LogP contribution is -2.25. The average molecular weight is 391 g/mol. The molecule has 1 aliphatic rings. The summed E-state index contributed by atoms with van der Waals surface area (Å²) in [5.41, 5.74) is 1.09. The number of benzene rings is 1. The lowest BCUT2D eigenvalue weighted by Gasteiger charge is -2.18. The van der Waals surface area contributed by atoms with Crippen LogP contribution in [0.5, 0.6) is 0 Å². The van der Waals surface area contributed by atoms with Gasteiger partial charge in [0.05, 0.1) is 6.54 Å². The number of rotatable bonds is 5. The van der Waals surface area contributed by atoms with Gasteiger partial charge in [-0.1, -0.05) is 41.9 Å². The van der Waals surface area contributed by atoms with Crippen LogP contribution in [0.15, 0.2) is 41.3 Å². The molecule has 0 aliphatic carbocycles. The Morgan fingerprint density at radius 1 is 1.35 bits per heavy atom. The number of hydrogen-bond donors (Lipinski definition) is 0. The van der Waals surface area contributed by atoms with E-state index in [0.29, 0.717) is 30.0 Å². The molecule has 26 heavy (non-hydrogen) atoms. The van der Waals surface area contributed by atoms with E-state index < -0.39 is 0 Å². The normalized spacial score (nSPS) is 19.9. The van der Waals surface area contributed by atoms with Crippen molar-refractivity contribution in [3.8, 4) is 0 Å². The Balaban J connectivity index is 1.69. The summed E-state index contributed by atoms with van der Waals surface area (Å²) in [4.78, 5) is 17.7. The van der Waals surface area contributed by atoms with Crippen molar-refractivity contribution in [2.45, 2.75) is 38.5 Å². The molecule has 0 unspecified atom stereocenters. The SMILES string of the molecule is CCn1c([C@H]2OCC[C@H]2c2ccccc2)nn(Cc2cnc(Cl)s2)c1=O.